The predicted octanol–water partition coefficient (Wildman–Crippen LogP) is 3.28. The number of fused-ring (bicyclic) bond motifs is 1. The third-order valence-corrected chi connectivity index (χ3v) is 3.06. The second-order valence-electron chi connectivity index (χ2n) is 4.18. The Kier molecular flexibility index (Phi) is 2.59. The quantitative estimate of drug-likeness (QED) is 0.798. The van der Waals surface area contributed by atoms with Crippen LogP contribution in [0.4, 0.5) is 17.1 Å². The molecule has 0 amide bonds. The first kappa shape index (κ1) is 11.0. The topological polar surface area (TPSA) is 15.7 Å². The summed E-state index contributed by atoms with van der Waals surface area (Å²) in [6.07, 6.45) is 0. The molecule has 18 heavy (non-hydrogen) atoms. The fourth-order valence-electron chi connectivity index (χ4n) is 2.12. The average Bonchev–Trinajstić information content (AvgIpc) is 2.77. The van der Waals surface area contributed by atoms with Crippen molar-refractivity contribution in [3.63, 3.8) is 0 Å². The van der Waals surface area contributed by atoms with Crippen LogP contribution in [0.2, 0.25) is 0 Å². The number of methoxy groups -OCH3 is 1. The molecule has 3 heteroatoms. The van der Waals surface area contributed by atoms with Crippen LogP contribution in [0, 0.1) is 6.67 Å². The SMILES string of the molecule is COc1ccc(N2[C]N(C)c3ccccc32)cc1. The van der Waals surface area contributed by atoms with Gasteiger partial charge in [0.1, 0.15) is 5.75 Å². The van der Waals surface area contributed by atoms with Gasteiger partial charge in [-0.25, -0.2) is 0 Å². The van der Waals surface area contributed by atoms with E-state index >= 15 is 0 Å². The number of rotatable bonds is 2. The van der Waals surface area contributed by atoms with Gasteiger partial charge in [0.15, 0.2) is 0 Å². The molecule has 0 fully saturated rings. The van der Waals surface area contributed by atoms with E-state index in [0.717, 1.165) is 22.8 Å². The lowest BCUT2D eigenvalue weighted by Crippen LogP contribution is -2.17. The summed E-state index contributed by atoms with van der Waals surface area (Å²) >= 11 is 0. The van der Waals surface area contributed by atoms with Gasteiger partial charge in [-0.1, -0.05) is 12.1 Å². The van der Waals surface area contributed by atoms with Gasteiger partial charge >= 0.3 is 0 Å². The molecule has 1 aliphatic rings. The lowest BCUT2D eigenvalue weighted by Gasteiger charge is -2.17. The maximum atomic E-state index is 5.17. The lowest BCUT2D eigenvalue weighted by atomic mass is 10.2. The molecule has 0 aromatic heterocycles. The smallest absolute Gasteiger partial charge is 0.213 e. The summed E-state index contributed by atoms with van der Waals surface area (Å²) in [5, 5.41) is 0. The van der Waals surface area contributed by atoms with Crippen molar-refractivity contribution in [1.82, 2.24) is 0 Å². The maximum Gasteiger partial charge on any atom is 0.213 e. The van der Waals surface area contributed by atoms with E-state index in [4.69, 9.17) is 4.74 Å². The van der Waals surface area contributed by atoms with Crippen LogP contribution in [0.5, 0.6) is 5.75 Å². The van der Waals surface area contributed by atoms with Gasteiger partial charge in [0.2, 0.25) is 6.67 Å². The van der Waals surface area contributed by atoms with Crippen molar-refractivity contribution < 1.29 is 4.74 Å². The van der Waals surface area contributed by atoms with Gasteiger partial charge in [0.05, 0.1) is 18.5 Å². The van der Waals surface area contributed by atoms with E-state index in [9.17, 15) is 0 Å². The van der Waals surface area contributed by atoms with Gasteiger partial charge in [-0.2, -0.15) is 0 Å². The van der Waals surface area contributed by atoms with E-state index in [0.29, 0.717) is 0 Å². The summed E-state index contributed by atoms with van der Waals surface area (Å²) in [5.41, 5.74) is 3.38. The largest absolute Gasteiger partial charge is 0.497 e. The summed E-state index contributed by atoms with van der Waals surface area (Å²) < 4.78 is 5.17. The molecule has 0 bridgehead atoms. The Morgan fingerprint density at radius 2 is 1.61 bits per heavy atom. The number of ether oxygens (including phenoxy) is 1. The number of anilines is 3. The third-order valence-electron chi connectivity index (χ3n) is 3.06. The van der Waals surface area contributed by atoms with Crippen molar-refractivity contribution in [3.05, 3.63) is 55.2 Å². The number of hydrogen-bond acceptors (Lipinski definition) is 3. The van der Waals surface area contributed by atoms with Crippen LogP contribution in [-0.4, -0.2) is 14.2 Å². The number of hydrogen-bond donors (Lipinski definition) is 0. The first-order chi connectivity index (χ1) is 8.79. The van der Waals surface area contributed by atoms with Crippen LogP contribution < -0.4 is 14.5 Å². The van der Waals surface area contributed by atoms with Crippen molar-refractivity contribution in [1.29, 1.82) is 0 Å². The summed E-state index contributed by atoms with van der Waals surface area (Å²) in [4.78, 5) is 4.05. The van der Waals surface area contributed by atoms with E-state index in [2.05, 4.69) is 23.7 Å². The van der Waals surface area contributed by atoms with Gasteiger partial charge in [0, 0.05) is 12.7 Å². The molecule has 3 nitrogen and oxygen atoms in total. The first-order valence-corrected chi connectivity index (χ1v) is 5.83. The van der Waals surface area contributed by atoms with E-state index in [1.807, 2.05) is 48.3 Å². The molecule has 2 aromatic rings. The Balaban J connectivity index is 1.98. The lowest BCUT2D eigenvalue weighted by molar-refractivity contribution is 0.415. The average molecular weight is 238 g/mol. The van der Waals surface area contributed by atoms with Gasteiger partial charge in [-0.05, 0) is 36.4 Å². The fraction of sp³-hybridized carbons (Fsp3) is 0.133. The fourth-order valence-corrected chi connectivity index (χ4v) is 2.12. The number of nitrogens with zero attached hydrogens (tertiary/aromatic N) is 2. The molecule has 2 aromatic carbocycles. The number of benzene rings is 2. The zero-order valence-corrected chi connectivity index (χ0v) is 10.4. The molecule has 0 spiro atoms. The summed E-state index contributed by atoms with van der Waals surface area (Å²) in [5.74, 6) is 0.861. The normalized spacial score (nSPS) is 13.7. The minimum atomic E-state index is 0.861. The molecule has 1 heterocycles. The van der Waals surface area contributed by atoms with Crippen LogP contribution in [0.3, 0.4) is 0 Å². The van der Waals surface area contributed by atoms with Crippen LogP contribution in [0.1, 0.15) is 0 Å². The second-order valence-corrected chi connectivity index (χ2v) is 4.18. The standard InChI is InChI=1S/C15H14N2O/c1-16-11-17(15-6-4-3-5-14(15)16)12-7-9-13(18-2)10-8-12/h3-10H,1-2H3. The summed E-state index contributed by atoms with van der Waals surface area (Å²) in [6, 6.07) is 16.2. The molecule has 0 saturated heterocycles. The van der Waals surface area contributed by atoms with Crippen molar-refractivity contribution in [2.75, 3.05) is 24.0 Å². The second kappa shape index (κ2) is 4.26. The highest BCUT2D eigenvalue weighted by atomic mass is 16.5. The third kappa shape index (κ3) is 1.68. The summed E-state index contributed by atoms with van der Waals surface area (Å²) in [7, 11) is 3.68. The summed E-state index contributed by atoms with van der Waals surface area (Å²) in [6.45, 7) is 3.30. The molecule has 3 rings (SSSR count). The number of para-hydroxylation sites is 2. The molecule has 0 atom stereocenters. The van der Waals surface area contributed by atoms with E-state index in [-0.39, 0.29) is 0 Å². The van der Waals surface area contributed by atoms with Gasteiger partial charge in [0.25, 0.3) is 0 Å². The highest BCUT2D eigenvalue weighted by Gasteiger charge is 2.25. The zero-order chi connectivity index (χ0) is 12.5. The van der Waals surface area contributed by atoms with E-state index in [1.165, 1.54) is 0 Å². The van der Waals surface area contributed by atoms with Gasteiger partial charge in [-0.15, -0.1) is 0 Å². The Labute approximate surface area is 107 Å². The van der Waals surface area contributed by atoms with Crippen molar-refractivity contribution in [2.45, 2.75) is 0 Å². The predicted molar refractivity (Wildman–Crippen MR) is 73.2 cm³/mol. The molecule has 90 valence electrons. The van der Waals surface area contributed by atoms with Crippen LogP contribution >= 0.6 is 0 Å². The van der Waals surface area contributed by atoms with Crippen molar-refractivity contribution in [2.24, 2.45) is 0 Å². The van der Waals surface area contributed by atoms with Gasteiger partial charge < -0.3 is 14.5 Å². The van der Waals surface area contributed by atoms with Crippen molar-refractivity contribution >= 4 is 17.1 Å². The van der Waals surface area contributed by atoms with Gasteiger partial charge in [-0.3, -0.25) is 0 Å². The monoisotopic (exact) mass is 238 g/mol. The molecular weight excluding hydrogens is 224 g/mol. The Morgan fingerprint density at radius 3 is 2.28 bits per heavy atom. The zero-order valence-electron chi connectivity index (χ0n) is 10.4. The van der Waals surface area contributed by atoms with Crippen LogP contribution in [0.15, 0.2) is 48.5 Å². The maximum absolute atomic E-state index is 5.17. The molecule has 0 saturated carbocycles. The molecule has 0 unspecified atom stereocenters. The Morgan fingerprint density at radius 1 is 0.944 bits per heavy atom. The minimum absolute atomic E-state index is 0.861. The minimum Gasteiger partial charge on any atom is -0.497 e. The Hall–Kier alpha value is -2.16. The van der Waals surface area contributed by atoms with Crippen molar-refractivity contribution in [3.8, 4) is 5.75 Å². The molecular formula is C15H14N2O. The van der Waals surface area contributed by atoms with Crippen LogP contribution in [0.25, 0.3) is 0 Å². The van der Waals surface area contributed by atoms with E-state index in [1.54, 1.807) is 7.11 Å². The molecule has 0 N–H and O–H groups in total. The molecule has 2 radical (unpaired) electrons. The first-order valence-electron chi connectivity index (χ1n) is 5.83. The van der Waals surface area contributed by atoms with Crippen LogP contribution in [-0.2, 0) is 0 Å². The highest BCUT2D eigenvalue weighted by Crippen LogP contribution is 2.41. The highest BCUT2D eigenvalue weighted by molar-refractivity contribution is 5.84. The Bertz CT molecular complexity index is 551. The van der Waals surface area contributed by atoms with E-state index < -0.39 is 0 Å². The molecule has 1 aliphatic heterocycles. The molecule has 0 aliphatic carbocycles.